The topological polar surface area (TPSA) is 78.5 Å². The highest BCUT2D eigenvalue weighted by Gasteiger charge is 2.19. The number of aryl methyl sites for hydroxylation is 1. The van der Waals surface area contributed by atoms with Gasteiger partial charge in [-0.05, 0) is 49.2 Å². The fourth-order valence-corrected chi connectivity index (χ4v) is 3.72. The molecule has 146 valence electrons. The van der Waals surface area contributed by atoms with E-state index in [1.54, 1.807) is 31.3 Å². The first-order valence-electron chi connectivity index (χ1n) is 9.00. The van der Waals surface area contributed by atoms with Crippen LogP contribution < -0.4 is 10.6 Å². The van der Waals surface area contributed by atoms with Crippen LogP contribution in [0.5, 0.6) is 0 Å². The number of rotatable bonds is 9. The standard InChI is InChI=1S/C20H27N3O3S/c1-4-5-14-23(3)27(25,26)18-12-10-17(11-13-18)21-15-20(24)22-19-9-7-6-8-16(19)2/h6-13,21H,4-5,14-15H2,1-3H3,(H,22,24). The molecule has 2 aromatic carbocycles. The normalized spacial score (nSPS) is 11.4. The monoisotopic (exact) mass is 389 g/mol. The highest BCUT2D eigenvalue weighted by atomic mass is 32.2. The largest absolute Gasteiger partial charge is 0.376 e. The minimum Gasteiger partial charge on any atom is -0.376 e. The number of para-hydroxylation sites is 1. The number of carbonyl (C=O) groups excluding carboxylic acids is 1. The molecule has 7 heteroatoms. The van der Waals surface area contributed by atoms with Crippen LogP contribution in [0.1, 0.15) is 25.3 Å². The summed E-state index contributed by atoms with van der Waals surface area (Å²) >= 11 is 0. The molecular weight excluding hydrogens is 362 g/mol. The van der Waals surface area contributed by atoms with E-state index >= 15 is 0 Å². The van der Waals surface area contributed by atoms with Gasteiger partial charge < -0.3 is 10.6 Å². The summed E-state index contributed by atoms with van der Waals surface area (Å²) in [5, 5.41) is 5.85. The molecule has 0 aliphatic carbocycles. The van der Waals surface area contributed by atoms with Crippen molar-refractivity contribution in [3.05, 3.63) is 54.1 Å². The van der Waals surface area contributed by atoms with Crippen LogP contribution in [-0.2, 0) is 14.8 Å². The summed E-state index contributed by atoms with van der Waals surface area (Å²) in [6, 6.07) is 14.0. The van der Waals surface area contributed by atoms with E-state index in [1.165, 1.54) is 4.31 Å². The SMILES string of the molecule is CCCCN(C)S(=O)(=O)c1ccc(NCC(=O)Nc2ccccc2C)cc1. The van der Waals surface area contributed by atoms with E-state index in [1.807, 2.05) is 38.1 Å². The predicted octanol–water partition coefficient (Wildman–Crippen LogP) is 3.47. The van der Waals surface area contributed by atoms with E-state index in [2.05, 4.69) is 10.6 Å². The number of anilines is 2. The average Bonchev–Trinajstić information content (AvgIpc) is 2.66. The van der Waals surface area contributed by atoms with Gasteiger partial charge >= 0.3 is 0 Å². The van der Waals surface area contributed by atoms with E-state index in [-0.39, 0.29) is 17.3 Å². The second-order valence-electron chi connectivity index (χ2n) is 6.42. The fraction of sp³-hybridized carbons (Fsp3) is 0.350. The first kappa shape index (κ1) is 20.9. The van der Waals surface area contributed by atoms with E-state index < -0.39 is 10.0 Å². The van der Waals surface area contributed by atoms with Crippen LogP contribution >= 0.6 is 0 Å². The van der Waals surface area contributed by atoms with Gasteiger partial charge in [0.2, 0.25) is 15.9 Å². The highest BCUT2D eigenvalue weighted by molar-refractivity contribution is 7.89. The summed E-state index contributed by atoms with van der Waals surface area (Å²) in [6.07, 6.45) is 1.76. The van der Waals surface area contributed by atoms with Crippen LogP contribution in [0.4, 0.5) is 11.4 Å². The van der Waals surface area contributed by atoms with Gasteiger partial charge in [0.1, 0.15) is 0 Å². The number of nitrogens with zero attached hydrogens (tertiary/aromatic N) is 1. The van der Waals surface area contributed by atoms with Crippen LogP contribution in [0, 0.1) is 6.92 Å². The molecule has 6 nitrogen and oxygen atoms in total. The van der Waals surface area contributed by atoms with Gasteiger partial charge in [0, 0.05) is 25.0 Å². The zero-order valence-electron chi connectivity index (χ0n) is 16.0. The molecule has 0 fully saturated rings. The number of amides is 1. The van der Waals surface area contributed by atoms with Gasteiger partial charge in [-0.1, -0.05) is 31.5 Å². The Morgan fingerprint density at radius 2 is 1.74 bits per heavy atom. The smallest absolute Gasteiger partial charge is 0.243 e. The Kier molecular flexibility index (Phi) is 7.38. The molecule has 0 spiro atoms. The Balaban J connectivity index is 1.93. The molecule has 0 atom stereocenters. The molecule has 1 amide bonds. The van der Waals surface area contributed by atoms with Crippen molar-refractivity contribution in [1.29, 1.82) is 0 Å². The van der Waals surface area contributed by atoms with Crippen molar-refractivity contribution in [3.63, 3.8) is 0 Å². The molecule has 0 radical (unpaired) electrons. The molecule has 0 bridgehead atoms. The molecule has 0 saturated heterocycles. The molecule has 0 heterocycles. The molecule has 0 aliphatic heterocycles. The van der Waals surface area contributed by atoms with Gasteiger partial charge in [0.25, 0.3) is 0 Å². The second-order valence-corrected chi connectivity index (χ2v) is 8.47. The van der Waals surface area contributed by atoms with Crippen molar-refractivity contribution in [2.45, 2.75) is 31.6 Å². The molecule has 27 heavy (non-hydrogen) atoms. The maximum atomic E-state index is 12.5. The number of nitrogens with one attached hydrogen (secondary N) is 2. The van der Waals surface area contributed by atoms with E-state index in [4.69, 9.17) is 0 Å². The summed E-state index contributed by atoms with van der Waals surface area (Å²) in [4.78, 5) is 12.3. The average molecular weight is 390 g/mol. The lowest BCUT2D eigenvalue weighted by Crippen LogP contribution is -2.28. The zero-order valence-corrected chi connectivity index (χ0v) is 16.8. The zero-order chi connectivity index (χ0) is 19.9. The summed E-state index contributed by atoms with van der Waals surface area (Å²) in [7, 11) is -1.89. The van der Waals surface area contributed by atoms with Crippen molar-refractivity contribution < 1.29 is 13.2 Å². The van der Waals surface area contributed by atoms with Crippen LogP contribution in [0.2, 0.25) is 0 Å². The lowest BCUT2D eigenvalue weighted by atomic mass is 10.2. The molecule has 2 N–H and O–H groups in total. The number of sulfonamides is 1. The Morgan fingerprint density at radius 3 is 2.37 bits per heavy atom. The predicted molar refractivity (Wildman–Crippen MR) is 109 cm³/mol. The maximum absolute atomic E-state index is 12.5. The van der Waals surface area contributed by atoms with Crippen molar-refractivity contribution in [2.75, 3.05) is 30.8 Å². The quantitative estimate of drug-likeness (QED) is 0.688. The maximum Gasteiger partial charge on any atom is 0.243 e. The summed E-state index contributed by atoms with van der Waals surface area (Å²) < 4.78 is 26.4. The molecule has 0 aromatic heterocycles. The molecule has 2 rings (SSSR count). The number of hydrogen-bond acceptors (Lipinski definition) is 4. The lowest BCUT2D eigenvalue weighted by Gasteiger charge is -2.17. The van der Waals surface area contributed by atoms with E-state index in [9.17, 15) is 13.2 Å². The Morgan fingerprint density at radius 1 is 1.07 bits per heavy atom. The number of carbonyl (C=O) groups is 1. The number of benzene rings is 2. The van der Waals surface area contributed by atoms with Gasteiger partial charge in [0.15, 0.2) is 0 Å². The highest BCUT2D eigenvalue weighted by Crippen LogP contribution is 2.18. The van der Waals surface area contributed by atoms with Crippen molar-refractivity contribution >= 4 is 27.3 Å². The van der Waals surface area contributed by atoms with Crippen molar-refractivity contribution in [1.82, 2.24) is 4.31 Å². The van der Waals surface area contributed by atoms with Gasteiger partial charge in [-0.2, -0.15) is 0 Å². The number of unbranched alkanes of at least 4 members (excludes halogenated alkanes) is 1. The van der Waals surface area contributed by atoms with Crippen molar-refractivity contribution in [3.8, 4) is 0 Å². The minimum absolute atomic E-state index is 0.0941. The van der Waals surface area contributed by atoms with Crippen molar-refractivity contribution in [2.24, 2.45) is 0 Å². The van der Waals surface area contributed by atoms with E-state index in [0.717, 1.165) is 24.1 Å². The van der Waals surface area contributed by atoms with Crippen LogP contribution in [0.15, 0.2) is 53.4 Å². The van der Waals surface area contributed by atoms with Gasteiger partial charge in [0.05, 0.1) is 11.4 Å². The van der Waals surface area contributed by atoms with Crippen LogP contribution in [0.3, 0.4) is 0 Å². The second kappa shape index (κ2) is 9.53. The van der Waals surface area contributed by atoms with Gasteiger partial charge in [-0.25, -0.2) is 12.7 Å². The third-order valence-corrected chi connectivity index (χ3v) is 6.13. The summed E-state index contributed by atoms with van der Waals surface area (Å²) in [6.45, 7) is 4.55. The first-order valence-corrected chi connectivity index (χ1v) is 10.4. The minimum atomic E-state index is -3.48. The first-order chi connectivity index (χ1) is 12.8. The Bertz CT molecular complexity index is 864. The lowest BCUT2D eigenvalue weighted by molar-refractivity contribution is -0.114. The third-order valence-electron chi connectivity index (χ3n) is 4.26. The molecule has 0 aliphatic rings. The summed E-state index contributed by atoms with van der Waals surface area (Å²) in [5.74, 6) is -0.166. The Labute approximate surface area is 161 Å². The molecule has 2 aromatic rings. The fourth-order valence-electron chi connectivity index (χ4n) is 2.52. The number of hydrogen-bond donors (Lipinski definition) is 2. The summed E-state index contributed by atoms with van der Waals surface area (Å²) in [5.41, 5.74) is 2.46. The van der Waals surface area contributed by atoms with E-state index in [0.29, 0.717) is 12.2 Å². The molecule has 0 unspecified atom stereocenters. The van der Waals surface area contributed by atoms with Crippen LogP contribution in [0.25, 0.3) is 0 Å². The molecular formula is C20H27N3O3S. The third kappa shape index (κ3) is 5.80. The van der Waals surface area contributed by atoms with Gasteiger partial charge in [-0.3, -0.25) is 4.79 Å². The van der Waals surface area contributed by atoms with Crippen LogP contribution in [-0.4, -0.2) is 38.8 Å². The molecule has 0 saturated carbocycles. The van der Waals surface area contributed by atoms with Gasteiger partial charge in [-0.15, -0.1) is 0 Å². The Hall–Kier alpha value is -2.38.